The molecule has 1 heterocycles. The molecule has 0 aromatic heterocycles. The van der Waals surface area contributed by atoms with Crippen molar-refractivity contribution in [1.82, 2.24) is 0 Å². The number of sulfone groups is 1. The second-order valence-electron chi connectivity index (χ2n) is 4.78. The van der Waals surface area contributed by atoms with Crippen molar-refractivity contribution in [2.24, 2.45) is 5.41 Å². The van der Waals surface area contributed by atoms with Crippen molar-refractivity contribution in [2.75, 3.05) is 19.0 Å². The summed E-state index contributed by atoms with van der Waals surface area (Å²) in [6, 6.07) is 0. The normalized spacial score (nSPS) is 25.4. The first-order chi connectivity index (χ1) is 8.22. The van der Waals surface area contributed by atoms with Gasteiger partial charge in [0.25, 0.3) is 0 Å². The number of ether oxygens (including phenoxy) is 1. The Morgan fingerprint density at radius 2 is 2.11 bits per heavy atom. The van der Waals surface area contributed by atoms with Gasteiger partial charge in [0.2, 0.25) is 0 Å². The summed E-state index contributed by atoms with van der Waals surface area (Å²) in [5, 5.41) is 8.62. The third-order valence-corrected chi connectivity index (χ3v) is 5.51. The lowest BCUT2D eigenvalue weighted by molar-refractivity contribution is -0.164. The van der Waals surface area contributed by atoms with E-state index < -0.39 is 32.3 Å². The SMILES string of the molecule is CC(C)S(=O)(=O)CCC1(C(=O)O)COCCC1=O. The Hall–Kier alpha value is -0.950. The van der Waals surface area contributed by atoms with Crippen LogP contribution >= 0.6 is 0 Å². The van der Waals surface area contributed by atoms with Crippen molar-refractivity contribution in [3.63, 3.8) is 0 Å². The Balaban J connectivity index is 2.88. The zero-order chi connectivity index (χ0) is 14.0. The highest BCUT2D eigenvalue weighted by molar-refractivity contribution is 7.91. The summed E-state index contributed by atoms with van der Waals surface area (Å²) in [6.07, 6.45) is -0.199. The molecule has 0 aliphatic carbocycles. The third-order valence-electron chi connectivity index (χ3n) is 3.30. The van der Waals surface area contributed by atoms with Gasteiger partial charge in [0, 0.05) is 6.42 Å². The smallest absolute Gasteiger partial charge is 0.319 e. The van der Waals surface area contributed by atoms with E-state index in [9.17, 15) is 23.1 Å². The number of Topliss-reactive ketones (excluding diaryl/α,β-unsaturated/α-hetero) is 1. The number of aliphatic carboxylic acids is 1. The molecule has 18 heavy (non-hydrogen) atoms. The molecule has 0 amide bonds. The molecular weight excluding hydrogens is 260 g/mol. The molecule has 6 nitrogen and oxygen atoms in total. The van der Waals surface area contributed by atoms with E-state index in [1.54, 1.807) is 0 Å². The van der Waals surface area contributed by atoms with Crippen molar-refractivity contribution in [3.8, 4) is 0 Å². The summed E-state index contributed by atoms with van der Waals surface area (Å²) in [5.74, 6) is -2.06. The van der Waals surface area contributed by atoms with Crippen LogP contribution in [0.4, 0.5) is 0 Å². The van der Waals surface area contributed by atoms with Gasteiger partial charge in [-0.2, -0.15) is 0 Å². The topological polar surface area (TPSA) is 97.7 Å². The molecule has 0 radical (unpaired) electrons. The molecule has 0 aromatic rings. The van der Waals surface area contributed by atoms with Crippen LogP contribution in [0.1, 0.15) is 26.7 Å². The molecule has 0 aromatic carbocycles. The number of carbonyl (C=O) groups excluding carboxylic acids is 1. The molecule has 0 spiro atoms. The van der Waals surface area contributed by atoms with Gasteiger partial charge in [-0.05, 0) is 20.3 Å². The van der Waals surface area contributed by atoms with Crippen LogP contribution in [0.5, 0.6) is 0 Å². The van der Waals surface area contributed by atoms with Crippen molar-refractivity contribution < 1.29 is 27.9 Å². The minimum Gasteiger partial charge on any atom is -0.480 e. The fourth-order valence-electron chi connectivity index (χ4n) is 1.78. The maximum absolute atomic E-state index is 11.8. The van der Waals surface area contributed by atoms with E-state index in [2.05, 4.69) is 0 Å². The van der Waals surface area contributed by atoms with Crippen LogP contribution in [-0.4, -0.2) is 49.5 Å². The van der Waals surface area contributed by atoms with E-state index in [-0.39, 0.29) is 31.8 Å². The monoisotopic (exact) mass is 278 g/mol. The van der Waals surface area contributed by atoms with Crippen LogP contribution in [0.15, 0.2) is 0 Å². The van der Waals surface area contributed by atoms with Crippen molar-refractivity contribution in [2.45, 2.75) is 31.9 Å². The lowest BCUT2D eigenvalue weighted by Crippen LogP contribution is -2.48. The first kappa shape index (κ1) is 15.1. The zero-order valence-electron chi connectivity index (χ0n) is 10.5. The third kappa shape index (κ3) is 2.89. The van der Waals surface area contributed by atoms with Gasteiger partial charge in [0.05, 0.1) is 24.2 Å². The highest BCUT2D eigenvalue weighted by Crippen LogP contribution is 2.30. The van der Waals surface area contributed by atoms with E-state index in [0.29, 0.717) is 0 Å². The first-order valence-electron chi connectivity index (χ1n) is 5.78. The maximum atomic E-state index is 11.8. The summed E-state index contributed by atoms with van der Waals surface area (Å²) in [6.45, 7) is 3.02. The molecule has 0 bridgehead atoms. The Bertz CT molecular complexity index is 438. The number of rotatable bonds is 5. The van der Waals surface area contributed by atoms with Crippen molar-refractivity contribution in [1.29, 1.82) is 0 Å². The van der Waals surface area contributed by atoms with E-state index in [4.69, 9.17) is 4.74 Å². The summed E-state index contributed by atoms with van der Waals surface area (Å²) in [7, 11) is -3.36. The average Bonchev–Trinajstić information content (AvgIpc) is 2.27. The Morgan fingerprint density at radius 1 is 1.50 bits per heavy atom. The first-order valence-corrected chi connectivity index (χ1v) is 7.50. The van der Waals surface area contributed by atoms with Crippen LogP contribution in [-0.2, 0) is 24.2 Å². The fourth-order valence-corrected chi connectivity index (χ4v) is 2.89. The van der Waals surface area contributed by atoms with Gasteiger partial charge in [-0.1, -0.05) is 0 Å². The summed E-state index contributed by atoms with van der Waals surface area (Å²) in [5.41, 5.74) is -1.69. The molecule has 1 rings (SSSR count). The predicted octanol–water partition coefficient (Wildman–Crippen LogP) is 0.260. The van der Waals surface area contributed by atoms with Crippen LogP contribution in [0.25, 0.3) is 0 Å². The van der Waals surface area contributed by atoms with Gasteiger partial charge in [0.1, 0.15) is 0 Å². The van der Waals surface area contributed by atoms with Crippen LogP contribution in [0.3, 0.4) is 0 Å². The molecule has 0 saturated carbocycles. The Labute approximate surface area is 106 Å². The zero-order valence-corrected chi connectivity index (χ0v) is 11.3. The molecular formula is C11H18O6S. The fraction of sp³-hybridized carbons (Fsp3) is 0.818. The predicted molar refractivity (Wildman–Crippen MR) is 64.1 cm³/mol. The molecule has 1 atom stereocenters. The molecule has 1 aliphatic heterocycles. The molecule has 104 valence electrons. The van der Waals surface area contributed by atoms with Gasteiger partial charge in [-0.3, -0.25) is 9.59 Å². The van der Waals surface area contributed by atoms with E-state index in [0.717, 1.165) is 0 Å². The number of carboxylic acids is 1. The number of carboxylic acid groups (broad SMARTS) is 1. The number of carbonyl (C=O) groups is 2. The van der Waals surface area contributed by atoms with Gasteiger partial charge >= 0.3 is 5.97 Å². The number of hydrogen-bond donors (Lipinski definition) is 1. The summed E-state index contributed by atoms with van der Waals surface area (Å²) < 4.78 is 28.4. The quantitative estimate of drug-likeness (QED) is 0.724. The molecule has 1 aliphatic rings. The largest absolute Gasteiger partial charge is 0.480 e. The van der Waals surface area contributed by atoms with E-state index in [1.807, 2.05) is 0 Å². The van der Waals surface area contributed by atoms with E-state index >= 15 is 0 Å². The lowest BCUT2D eigenvalue weighted by atomic mass is 9.79. The second-order valence-corrected chi connectivity index (χ2v) is 7.46. The molecule has 1 N–H and O–H groups in total. The van der Waals surface area contributed by atoms with Gasteiger partial charge in [0.15, 0.2) is 21.0 Å². The minimum atomic E-state index is -3.36. The highest BCUT2D eigenvalue weighted by atomic mass is 32.2. The summed E-state index contributed by atoms with van der Waals surface area (Å²) >= 11 is 0. The van der Waals surface area contributed by atoms with Crippen molar-refractivity contribution in [3.05, 3.63) is 0 Å². The molecule has 1 unspecified atom stereocenters. The molecule has 1 fully saturated rings. The molecule has 7 heteroatoms. The van der Waals surface area contributed by atoms with Crippen LogP contribution < -0.4 is 0 Å². The minimum absolute atomic E-state index is 0.0219. The number of hydrogen-bond acceptors (Lipinski definition) is 5. The Morgan fingerprint density at radius 3 is 2.56 bits per heavy atom. The van der Waals surface area contributed by atoms with Gasteiger partial charge in [-0.25, -0.2) is 8.42 Å². The van der Waals surface area contributed by atoms with Crippen LogP contribution in [0.2, 0.25) is 0 Å². The van der Waals surface area contributed by atoms with Gasteiger partial charge < -0.3 is 9.84 Å². The number of ketones is 1. The Kier molecular flexibility index (Phi) is 4.50. The molecule has 1 saturated heterocycles. The van der Waals surface area contributed by atoms with E-state index in [1.165, 1.54) is 13.8 Å². The van der Waals surface area contributed by atoms with Crippen molar-refractivity contribution >= 4 is 21.6 Å². The van der Waals surface area contributed by atoms with Crippen LogP contribution in [0, 0.1) is 5.41 Å². The standard InChI is InChI=1S/C11H18O6S/c1-8(2)18(15,16)6-4-11(10(13)14)7-17-5-3-9(11)12/h8H,3-7H2,1-2H3,(H,13,14). The second kappa shape index (κ2) is 5.36. The maximum Gasteiger partial charge on any atom is 0.319 e. The van der Waals surface area contributed by atoms with Gasteiger partial charge in [-0.15, -0.1) is 0 Å². The highest BCUT2D eigenvalue weighted by Gasteiger charge is 2.48. The summed E-state index contributed by atoms with van der Waals surface area (Å²) in [4.78, 5) is 23.1. The average molecular weight is 278 g/mol. The lowest BCUT2D eigenvalue weighted by Gasteiger charge is -2.31.